The maximum atomic E-state index is 13.5. The molecule has 2 rings (SSSR count). The molecule has 0 aliphatic carbocycles. The molecule has 21 heavy (non-hydrogen) atoms. The first kappa shape index (κ1) is 15.3. The van der Waals surface area contributed by atoms with Gasteiger partial charge in [-0.3, -0.25) is 0 Å². The van der Waals surface area contributed by atoms with Crippen molar-refractivity contribution in [3.63, 3.8) is 0 Å². The second-order valence-corrected chi connectivity index (χ2v) is 4.55. The average Bonchev–Trinajstić information content (AvgIpc) is 2.48. The van der Waals surface area contributed by atoms with Crippen LogP contribution >= 0.6 is 11.6 Å². The SMILES string of the molecule is OCC#Cc1cc(COc2ccc(Cl)c(F)c2)ccc1F. The van der Waals surface area contributed by atoms with Gasteiger partial charge in [0.1, 0.15) is 30.6 Å². The smallest absolute Gasteiger partial charge is 0.145 e. The molecule has 2 aromatic carbocycles. The fraction of sp³-hybridized carbons (Fsp3) is 0.125. The molecule has 0 aromatic heterocycles. The summed E-state index contributed by atoms with van der Waals surface area (Å²) in [5.41, 5.74) is 0.849. The third-order valence-corrected chi connectivity index (χ3v) is 2.94. The second kappa shape index (κ2) is 7.07. The highest BCUT2D eigenvalue weighted by molar-refractivity contribution is 6.30. The zero-order valence-electron chi connectivity index (χ0n) is 10.9. The van der Waals surface area contributed by atoms with Crippen molar-refractivity contribution in [3.8, 4) is 17.6 Å². The van der Waals surface area contributed by atoms with Gasteiger partial charge in [0.05, 0.1) is 10.6 Å². The third kappa shape index (κ3) is 4.19. The van der Waals surface area contributed by atoms with Gasteiger partial charge in [-0.15, -0.1) is 0 Å². The van der Waals surface area contributed by atoms with Crippen LogP contribution in [0.25, 0.3) is 0 Å². The van der Waals surface area contributed by atoms with Gasteiger partial charge in [-0.25, -0.2) is 8.78 Å². The Morgan fingerprint density at radius 3 is 2.62 bits per heavy atom. The topological polar surface area (TPSA) is 29.5 Å². The molecule has 0 spiro atoms. The Kier molecular flexibility index (Phi) is 5.15. The highest BCUT2D eigenvalue weighted by Gasteiger charge is 2.04. The van der Waals surface area contributed by atoms with Crippen LogP contribution in [0.1, 0.15) is 11.1 Å². The Morgan fingerprint density at radius 1 is 1.10 bits per heavy atom. The van der Waals surface area contributed by atoms with Gasteiger partial charge in [0.2, 0.25) is 0 Å². The van der Waals surface area contributed by atoms with E-state index in [1.54, 1.807) is 12.1 Å². The lowest BCUT2D eigenvalue weighted by molar-refractivity contribution is 0.304. The fourth-order valence-corrected chi connectivity index (χ4v) is 1.74. The van der Waals surface area contributed by atoms with Crippen LogP contribution in [-0.4, -0.2) is 11.7 Å². The van der Waals surface area contributed by atoms with E-state index in [0.29, 0.717) is 11.3 Å². The molecule has 0 atom stereocenters. The Hall–Kier alpha value is -2.09. The number of hydrogen-bond acceptors (Lipinski definition) is 2. The molecule has 0 amide bonds. The first-order valence-corrected chi connectivity index (χ1v) is 6.44. The van der Waals surface area contributed by atoms with Crippen molar-refractivity contribution in [2.45, 2.75) is 6.61 Å². The molecule has 0 heterocycles. The van der Waals surface area contributed by atoms with Gasteiger partial charge >= 0.3 is 0 Å². The predicted octanol–water partition coefficient (Wildman–Crippen LogP) is 3.54. The van der Waals surface area contributed by atoms with Crippen LogP contribution in [0.2, 0.25) is 5.02 Å². The van der Waals surface area contributed by atoms with Crippen molar-refractivity contribution in [1.29, 1.82) is 0 Å². The minimum Gasteiger partial charge on any atom is -0.489 e. The number of hydrogen-bond donors (Lipinski definition) is 1. The molecule has 2 aromatic rings. The van der Waals surface area contributed by atoms with E-state index in [0.717, 1.165) is 0 Å². The van der Waals surface area contributed by atoms with Crippen molar-refractivity contribution in [3.05, 3.63) is 64.2 Å². The van der Waals surface area contributed by atoms with Crippen molar-refractivity contribution < 1.29 is 18.6 Å². The molecule has 0 bridgehead atoms. The lowest BCUT2D eigenvalue weighted by Crippen LogP contribution is -1.97. The Labute approximate surface area is 125 Å². The number of aliphatic hydroxyl groups is 1. The zero-order valence-corrected chi connectivity index (χ0v) is 11.6. The first-order chi connectivity index (χ1) is 10.1. The van der Waals surface area contributed by atoms with E-state index < -0.39 is 11.6 Å². The number of ether oxygens (including phenoxy) is 1. The summed E-state index contributed by atoms with van der Waals surface area (Å²) in [6, 6.07) is 8.45. The molecule has 0 unspecified atom stereocenters. The average molecular weight is 309 g/mol. The molecule has 0 fully saturated rings. The molecule has 1 N–H and O–H groups in total. The summed E-state index contributed by atoms with van der Waals surface area (Å²) in [6.45, 7) is -0.209. The second-order valence-electron chi connectivity index (χ2n) is 4.14. The van der Waals surface area contributed by atoms with Gasteiger partial charge in [0.15, 0.2) is 0 Å². The van der Waals surface area contributed by atoms with E-state index in [-0.39, 0.29) is 23.8 Å². The predicted molar refractivity (Wildman–Crippen MR) is 76.1 cm³/mol. The molecule has 108 valence electrons. The molecule has 5 heteroatoms. The van der Waals surface area contributed by atoms with Gasteiger partial charge in [0.25, 0.3) is 0 Å². The van der Waals surface area contributed by atoms with Crippen molar-refractivity contribution in [2.24, 2.45) is 0 Å². The number of rotatable bonds is 3. The Morgan fingerprint density at radius 2 is 1.90 bits per heavy atom. The van der Waals surface area contributed by atoms with Gasteiger partial charge in [-0.05, 0) is 29.8 Å². The van der Waals surface area contributed by atoms with E-state index in [2.05, 4.69) is 11.8 Å². The quantitative estimate of drug-likeness (QED) is 0.879. The lowest BCUT2D eigenvalue weighted by Gasteiger charge is -2.07. The summed E-state index contributed by atoms with van der Waals surface area (Å²) in [4.78, 5) is 0. The van der Waals surface area contributed by atoms with Crippen LogP contribution in [-0.2, 0) is 6.61 Å². The number of benzene rings is 2. The van der Waals surface area contributed by atoms with Crippen molar-refractivity contribution >= 4 is 11.6 Å². The van der Waals surface area contributed by atoms with Crippen LogP contribution in [0.15, 0.2) is 36.4 Å². The van der Waals surface area contributed by atoms with Crippen LogP contribution in [0.3, 0.4) is 0 Å². The van der Waals surface area contributed by atoms with Crippen molar-refractivity contribution in [1.82, 2.24) is 0 Å². The fourth-order valence-electron chi connectivity index (χ4n) is 1.63. The zero-order chi connectivity index (χ0) is 15.2. The number of aliphatic hydroxyl groups excluding tert-OH is 1. The molecule has 2 nitrogen and oxygen atoms in total. The van der Waals surface area contributed by atoms with E-state index in [9.17, 15) is 8.78 Å². The van der Waals surface area contributed by atoms with Gasteiger partial charge < -0.3 is 9.84 Å². The Balaban J connectivity index is 2.11. The van der Waals surface area contributed by atoms with Crippen LogP contribution in [0.4, 0.5) is 8.78 Å². The van der Waals surface area contributed by atoms with Crippen molar-refractivity contribution in [2.75, 3.05) is 6.61 Å². The van der Waals surface area contributed by atoms with E-state index in [4.69, 9.17) is 21.4 Å². The molecule has 0 saturated heterocycles. The van der Waals surface area contributed by atoms with Gasteiger partial charge in [-0.1, -0.05) is 29.5 Å². The van der Waals surface area contributed by atoms with Crippen LogP contribution in [0, 0.1) is 23.5 Å². The minimum atomic E-state index is -0.567. The largest absolute Gasteiger partial charge is 0.489 e. The molecule has 0 saturated carbocycles. The third-order valence-electron chi connectivity index (χ3n) is 2.63. The highest BCUT2D eigenvalue weighted by Crippen LogP contribution is 2.21. The molecular weight excluding hydrogens is 298 g/mol. The summed E-state index contributed by atoms with van der Waals surface area (Å²) in [5.74, 6) is 4.17. The van der Waals surface area contributed by atoms with E-state index >= 15 is 0 Å². The monoisotopic (exact) mass is 308 g/mol. The first-order valence-electron chi connectivity index (χ1n) is 6.06. The Bertz CT molecular complexity index is 705. The standard InChI is InChI=1S/C16H11ClF2O2/c17-14-5-4-13(9-16(14)19)21-10-11-3-6-15(18)12(8-11)2-1-7-20/h3-6,8-9,20H,7,10H2. The maximum absolute atomic E-state index is 13.5. The van der Waals surface area contributed by atoms with E-state index in [1.165, 1.54) is 24.3 Å². The molecule has 0 aliphatic rings. The van der Waals surface area contributed by atoms with Crippen LogP contribution in [0.5, 0.6) is 5.75 Å². The molecule has 0 radical (unpaired) electrons. The van der Waals surface area contributed by atoms with Gasteiger partial charge in [-0.2, -0.15) is 0 Å². The summed E-state index contributed by atoms with van der Waals surface area (Å²) in [5, 5.41) is 8.64. The maximum Gasteiger partial charge on any atom is 0.145 e. The summed E-state index contributed by atoms with van der Waals surface area (Å²) in [7, 11) is 0. The lowest BCUT2D eigenvalue weighted by atomic mass is 10.1. The highest BCUT2D eigenvalue weighted by atomic mass is 35.5. The minimum absolute atomic E-state index is 0.0192. The number of halogens is 3. The van der Waals surface area contributed by atoms with E-state index in [1.807, 2.05) is 0 Å². The van der Waals surface area contributed by atoms with Crippen LogP contribution < -0.4 is 4.74 Å². The summed E-state index contributed by atoms with van der Waals surface area (Å²) in [6.07, 6.45) is 0. The normalized spacial score (nSPS) is 9.90. The van der Waals surface area contributed by atoms with Gasteiger partial charge in [0, 0.05) is 6.07 Å². The molecular formula is C16H11ClF2O2. The summed E-state index contributed by atoms with van der Waals surface area (Å²) < 4.78 is 32.1. The molecule has 0 aliphatic heterocycles. The summed E-state index contributed by atoms with van der Waals surface area (Å²) >= 11 is 5.58.